The molecule has 2 aromatic heterocycles. The first kappa shape index (κ1) is 12.8. The standard InChI is InChI=1S/C13H16N4S/c1-9-6-16-13(18-9)8-15-7-11-4-12(5-14)17(3)10(11)2/h4,6,15H,7-8H2,1-3H3. The third-order valence-electron chi connectivity index (χ3n) is 3.02. The van der Waals surface area contributed by atoms with Crippen molar-refractivity contribution in [2.24, 2.45) is 7.05 Å². The van der Waals surface area contributed by atoms with Crippen LogP contribution in [0.3, 0.4) is 0 Å². The van der Waals surface area contributed by atoms with Crippen LogP contribution in [0.4, 0.5) is 0 Å². The number of aromatic nitrogens is 2. The number of hydrogen-bond donors (Lipinski definition) is 1. The lowest BCUT2D eigenvalue weighted by Crippen LogP contribution is -2.13. The first-order chi connectivity index (χ1) is 8.61. The Balaban J connectivity index is 1.97. The van der Waals surface area contributed by atoms with Crippen molar-refractivity contribution in [1.82, 2.24) is 14.9 Å². The molecule has 0 amide bonds. The molecule has 0 fully saturated rings. The highest BCUT2D eigenvalue weighted by Gasteiger charge is 2.08. The van der Waals surface area contributed by atoms with Crippen LogP contribution in [0.1, 0.15) is 26.8 Å². The van der Waals surface area contributed by atoms with Gasteiger partial charge in [-0.2, -0.15) is 5.26 Å². The van der Waals surface area contributed by atoms with Crippen molar-refractivity contribution < 1.29 is 0 Å². The molecule has 2 rings (SSSR count). The molecule has 0 atom stereocenters. The third kappa shape index (κ3) is 2.61. The van der Waals surface area contributed by atoms with Crippen LogP contribution in [0.2, 0.25) is 0 Å². The summed E-state index contributed by atoms with van der Waals surface area (Å²) in [5.41, 5.74) is 3.01. The molecule has 4 nitrogen and oxygen atoms in total. The fourth-order valence-corrected chi connectivity index (χ4v) is 2.59. The summed E-state index contributed by atoms with van der Waals surface area (Å²) < 4.78 is 1.92. The molecule has 1 N–H and O–H groups in total. The summed E-state index contributed by atoms with van der Waals surface area (Å²) in [5, 5.41) is 13.4. The zero-order valence-electron chi connectivity index (χ0n) is 10.8. The van der Waals surface area contributed by atoms with Crippen LogP contribution in [0.5, 0.6) is 0 Å². The largest absolute Gasteiger partial charge is 0.340 e. The van der Waals surface area contributed by atoms with E-state index in [1.54, 1.807) is 11.3 Å². The molecule has 0 spiro atoms. The smallest absolute Gasteiger partial charge is 0.120 e. The van der Waals surface area contributed by atoms with Crippen molar-refractivity contribution in [3.63, 3.8) is 0 Å². The van der Waals surface area contributed by atoms with Gasteiger partial charge in [-0.3, -0.25) is 0 Å². The molecule has 0 aromatic carbocycles. The van der Waals surface area contributed by atoms with Gasteiger partial charge in [-0.05, 0) is 25.5 Å². The fourth-order valence-electron chi connectivity index (χ4n) is 1.84. The summed E-state index contributed by atoms with van der Waals surface area (Å²) >= 11 is 1.71. The summed E-state index contributed by atoms with van der Waals surface area (Å²) in [7, 11) is 1.92. The average Bonchev–Trinajstić information content (AvgIpc) is 2.88. The SMILES string of the molecule is Cc1cnc(CNCc2cc(C#N)n(C)c2C)s1. The summed E-state index contributed by atoms with van der Waals surface area (Å²) in [5.74, 6) is 0. The molecule has 0 saturated carbocycles. The maximum atomic E-state index is 8.96. The van der Waals surface area contributed by atoms with Crippen LogP contribution in [0, 0.1) is 25.2 Å². The Kier molecular flexibility index (Phi) is 3.80. The lowest BCUT2D eigenvalue weighted by molar-refractivity contribution is 0.684. The van der Waals surface area contributed by atoms with Crippen molar-refractivity contribution in [3.05, 3.63) is 39.1 Å². The second kappa shape index (κ2) is 5.34. The zero-order chi connectivity index (χ0) is 13.1. The van der Waals surface area contributed by atoms with Gasteiger partial charge < -0.3 is 9.88 Å². The Morgan fingerprint density at radius 1 is 1.44 bits per heavy atom. The van der Waals surface area contributed by atoms with E-state index < -0.39 is 0 Å². The Labute approximate surface area is 111 Å². The summed E-state index contributed by atoms with van der Waals surface area (Å²) in [6.07, 6.45) is 1.89. The molecular weight excluding hydrogens is 244 g/mol. The third-order valence-corrected chi connectivity index (χ3v) is 3.93. The molecule has 94 valence electrons. The van der Waals surface area contributed by atoms with Crippen LogP contribution in [-0.4, -0.2) is 9.55 Å². The molecule has 0 saturated heterocycles. The van der Waals surface area contributed by atoms with E-state index in [2.05, 4.69) is 23.3 Å². The molecule has 0 radical (unpaired) electrons. The molecule has 0 aliphatic carbocycles. The van der Waals surface area contributed by atoms with E-state index in [-0.39, 0.29) is 0 Å². The van der Waals surface area contributed by atoms with Crippen LogP contribution in [0.15, 0.2) is 12.3 Å². The molecule has 5 heteroatoms. The van der Waals surface area contributed by atoms with Crippen molar-refractivity contribution in [1.29, 1.82) is 5.26 Å². The second-order valence-electron chi connectivity index (χ2n) is 4.28. The predicted molar refractivity (Wildman–Crippen MR) is 72.3 cm³/mol. The summed E-state index contributed by atoms with van der Waals surface area (Å²) in [6, 6.07) is 4.13. The molecule has 18 heavy (non-hydrogen) atoms. The lowest BCUT2D eigenvalue weighted by Gasteiger charge is -2.03. The van der Waals surface area contributed by atoms with Gasteiger partial charge in [-0.25, -0.2) is 4.98 Å². The van der Waals surface area contributed by atoms with Gasteiger partial charge in [0.2, 0.25) is 0 Å². The quantitative estimate of drug-likeness (QED) is 0.917. The molecule has 0 aliphatic heterocycles. The molecular formula is C13H16N4S. The zero-order valence-corrected chi connectivity index (χ0v) is 11.6. The van der Waals surface area contributed by atoms with Crippen molar-refractivity contribution in [2.45, 2.75) is 26.9 Å². The van der Waals surface area contributed by atoms with Gasteiger partial charge in [0.1, 0.15) is 16.8 Å². The average molecular weight is 260 g/mol. The molecule has 0 bridgehead atoms. The molecule has 2 aromatic rings. The number of aryl methyl sites for hydroxylation is 1. The number of thiazole rings is 1. The second-order valence-corrected chi connectivity index (χ2v) is 5.60. The first-order valence-electron chi connectivity index (χ1n) is 5.79. The molecule has 0 aliphatic rings. The van der Waals surface area contributed by atoms with Gasteiger partial charge in [-0.1, -0.05) is 0 Å². The first-order valence-corrected chi connectivity index (χ1v) is 6.60. The van der Waals surface area contributed by atoms with Gasteiger partial charge in [0, 0.05) is 36.9 Å². The van der Waals surface area contributed by atoms with Crippen molar-refractivity contribution in [2.75, 3.05) is 0 Å². The highest BCUT2D eigenvalue weighted by Crippen LogP contribution is 2.14. The Morgan fingerprint density at radius 2 is 2.22 bits per heavy atom. The minimum Gasteiger partial charge on any atom is -0.340 e. The lowest BCUT2D eigenvalue weighted by atomic mass is 10.2. The van der Waals surface area contributed by atoms with Gasteiger partial charge in [0.15, 0.2) is 0 Å². The number of nitrogens with zero attached hydrogens (tertiary/aromatic N) is 3. The Hall–Kier alpha value is -1.64. The number of hydrogen-bond acceptors (Lipinski definition) is 4. The van der Waals surface area contributed by atoms with Crippen LogP contribution in [0.25, 0.3) is 0 Å². The van der Waals surface area contributed by atoms with Crippen molar-refractivity contribution in [3.8, 4) is 6.07 Å². The monoisotopic (exact) mass is 260 g/mol. The normalized spacial score (nSPS) is 10.6. The fraction of sp³-hybridized carbons (Fsp3) is 0.385. The van der Waals surface area contributed by atoms with E-state index in [9.17, 15) is 0 Å². The number of nitrogens with one attached hydrogen (secondary N) is 1. The van der Waals surface area contributed by atoms with Gasteiger partial charge in [-0.15, -0.1) is 11.3 Å². The van der Waals surface area contributed by atoms with E-state index in [1.807, 2.05) is 30.8 Å². The minimum atomic E-state index is 0.703. The van der Waals surface area contributed by atoms with Gasteiger partial charge in [0.05, 0.1) is 0 Å². The van der Waals surface area contributed by atoms with E-state index in [0.29, 0.717) is 5.69 Å². The Morgan fingerprint density at radius 3 is 2.78 bits per heavy atom. The predicted octanol–water partition coefficient (Wildman–Crippen LogP) is 2.26. The van der Waals surface area contributed by atoms with Gasteiger partial charge >= 0.3 is 0 Å². The van der Waals surface area contributed by atoms with E-state index in [0.717, 1.165) is 23.8 Å². The van der Waals surface area contributed by atoms with Crippen molar-refractivity contribution >= 4 is 11.3 Å². The topological polar surface area (TPSA) is 53.6 Å². The highest BCUT2D eigenvalue weighted by atomic mass is 32.1. The number of rotatable bonds is 4. The van der Waals surface area contributed by atoms with Crippen LogP contribution >= 0.6 is 11.3 Å². The summed E-state index contributed by atoms with van der Waals surface area (Å²) in [4.78, 5) is 5.54. The molecule has 2 heterocycles. The van der Waals surface area contributed by atoms with Gasteiger partial charge in [0.25, 0.3) is 0 Å². The molecule has 0 unspecified atom stereocenters. The van der Waals surface area contributed by atoms with E-state index >= 15 is 0 Å². The Bertz CT molecular complexity index is 589. The maximum Gasteiger partial charge on any atom is 0.120 e. The maximum absolute atomic E-state index is 8.96. The van der Waals surface area contributed by atoms with Crippen LogP contribution in [-0.2, 0) is 20.1 Å². The van der Waals surface area contributed by atoms with Crippen LogP contribution < -0.4 is 5.32 Å². The number of nitriles is 1. The minimum absolute atomic E-state index is 0.703. The summed E-state index contributed by atoms with van der Waals surface area (Å²) in [6.45, 7) is 5.63. The highest BCUT2D eigenvalue weighted by molar-refractivity contribution is 7.11. The van der Waals surface area contributed by atoms with E-state index in [4.69, 9.17) is 5.26 Å². The van der Waals surface area contributed by atoms with E-state index in [1.165, 1.54) is 10.4 Å².